The first-order valence-electron chi connectivity index (χ1n) is 6.39. The van der Waals surface area contributed by atoms with E-state index in [1.165, 1.54) is 0 Å². The van der Waals surface area contributed by atoms with Crippen molar-refractivity contribution < 1.29 is 9.53 Å². The van der Waals surface area contributed by atoms with Crippen LogP contribution in [-0.4, -0.2) is 23.5 Å². The van der Waals surface area contributed by atoms with Gasteiger partial charge in [-0.15, -0.1) is 11.8 Å². The number of benzene rings is 1. The second kappa shape index (κ2) is 6.85. The lowest BCUT2D eigenvalue weighted by Gasteiger charge is -2.20. The molecule has 0 heterocycles. The molecule has 4 heteroatoms. The van der Waals surface area contributed by atoms with Crippen molar-refractivity contribution in [1.82, 2.24) is 5.32 Å². The lowest BCUT2D eigenvalue weighted by atomic mass is 10.1. The first kappa shape index (κ1) is 15.9. The number of hydrogen-bond acceptors (Lipinski definition) is 3. The van der Waals surface area contributed by atoms with Gasteiger partial charge in [-0.1, -0.05) is 39.0 Å². The van der Waals surface area contributed by atoms with E-state index in [0.717, 1.165) is 11.3 Å². The van der Waals surface area contributed by atoms with Gasteiger partial charge in [-0.25, -0.2) is 0 Å². The first-order chi connectivity index (χ1) is 8.83. The molecule has 3 nitrogen and oxygen atoms in total. The monoisotopic (exact) mass is 281 g/mol. The Hall–Kier alpha value is -1.16. The molecule has 0 aliphatic heterocycles. The SMILES string of the molecule is COc1ccccc1C(C)NC(=O)CSC(C)(C)C. The third-order valence-corrected chi connectivity index (χ3v) is 3.89. The van der Waals surface area contributed by atoms with Crippen molar-refractivity contribution in [3.8, 4) is 5.75 Å². The highest BCUT2D eigenvalue weighted by atomic mass is 32.2. The zero-order valence-electron chi connectivity index (χ0n) is 12.3. The van der Waals surface area contributed by atoms with E-state index in [1.807, 2.05) is 31.2 Å². The van der Waals surface area contributed by atoms with Crippen molar-refractivity contribution in [3.63, 3.8) is 0 Å². The fourth-order valence-electron chi connectivity index (χ4n) is 1.67. The molecule has 106 valence electrons. The Labute approximate surface area is 120 Å². The molecule has 0 aliphatic carbocycles. The van der Waals surface area contributed by atoms with Gasteiger partial charge in [0.05, 0.1) is 18.9 Å². The largest absolute Gasteiger partial charge is 0.496 e. The molecule has 1 amide bonds. The predicted octanol–water partition coefficient (Wildman–Crippen LogP) is 3.40. The van der Waals surface area contributed by atoms with Crippen LogP contribution in [0.2, 0.25) is 0 Å². The maximum atomic E-state index is 11.9. The van der Waals surface area contributed by atoms with Gasteiger partial charge >= 0.3 is 0 Å². The number of rotatable bonds is 5. The van der Waals surface area contributed by atoms with Crippen LogP contribution in [0.3, 0.4) is 0 Å². The summed E-state index contributed by atoms with van der Waals surface area (Å²) < 4.78 is 5.41. The van der Waals surface area contributed by atoms with E-state index in [9.17, 15) is 4.79 Å². The lowest BCUT2D eigenvalue weighted by molar-refractivity contribution is -0.119. The van der Waals surface area contributed by atoms with Crippen molar-refractivity contribution >= 4 is 17.7 Å². The summed E-state index contributed by atoms with van der Waals surface area (Å²) in [7, 11) is 1.64. The van der Waals surface area contributed by atoms with Gasteiger partial charge in [0.15, 0.2) is 0 Å². The van der Waals surface area contributed by atoms with Crippen molar-refractivity contribution in [3.05, 3.63) is 29.8 Å². The smallest absolute Gasteiger partial charge is 0.230 e. The number of methoxy groups -OCH3 is 1. The van der Waals surface area contributed by atoms with Gasteiger partial charge in [0.1, 0.15) is 5.75 Å². The van der Waals surface area contributed by atoms with Crippen LogP contribution in [0.15, 0.2) is 24.3 Å². The number of para-hydroxylation sites is 1. The highest BCUT2D eigenvalue weighted by Crippen LogP contribution is 2.25. The second-order valence-electron chi connectivity index (χ2n) is 5.43. The number of amides is 1. The fraction of sp³-hybridized carbons (Fsp3) is 0.533. The van der Waals surface area contributed by atoms with Crippen LogP contribution in [0.25, 0.3) is 0 Å². The molecule has 0 spiro atoms. The Morgan fingerprint density at radius 1 is 1.37 bits per heavy atom. The number of ether oxygens (including phenoxy) is 1. The van der Waals surface area contributed by atoms with E-state index >= 15 is 0 Å². The summed E-state index contributed by atoms with van der Waals surface area (Å²) in [6, 6.07) is 7.70. The van der Waals surface area contributed by atoms with Gasteiger partial charge in [0.2, 0.25) is 5.91 Å². The zero-order chi connectivity index (χ0) is 14.5. The summed E-state index contributed by atoms with van der Waals surface area (Å²) >= 11 is 1.65. The van der Waals surface area contributed by atoms with Gasteiger partial charge in [-0.3, -0.25) is 4.79 Å². The van der Waals surface area contributed by atoms with Gasteiger partial charge in [-0.2, -0.15) is 0 Å². The molecular weight excluding hydrogens is 258 g/mol. The van der Waals surface area contributed by atoms with Crippen molar-refractivity contribution in [1.29, 1.82) is 0 Å². The average Bonchev–Trinajstić information content (AvgIpc) is 2.35. The maximum absolute atomic E-state index is 11.9. The van der Waals surface area contributed by atoms with Crippen LogP contribution < -0.4 is 10.1 Å². The molecule has 1 N–H and O–H groups in total. The minimum absolute atomic E-state index is 0.0516. The Kier molecular flexibility index (Phi) is 5.73. The van der Waals surface area contributed by atoms with E-state index < -0.39 is 0 Å². The molecule has 1 aromatic carbocycles. The number of nitrogens with one attached hydrogen (secondary N) is 1. The molecule has 0 radical (unpaired) electrons. The minimum atomic E-state index is -0.0516. The average molecular weight is 281 g/mol. The summed E-state index contributed by atoms with van der Waals surface area (Å²) in [6.07, 6.45) is 0. The fourth-order valence-corrected chi connectivity index (χ4v) is 2.31. The topological polar surface area (TPSA) is 38.3 Å². The van der Waals surface area contributed by atoms with Crippen LogP contribution in [0, 0.1) is 0 Å². The van der Waals surface area contributed by atoms with Crippen LogP contribution in [0.1, 0.15) is 39.3 Å². The summed E-state index contributed by atoms with van der Waals surface area (Å²) in [6.45, 7) is 8.29. The van der Waals surface area contributed by atoms with E-state index in [-0.39, 0.29) is 16.7 Å². The zero-order valence-corrected chi connectivity index (χ0v) is 13.1. The normalized spacial score (nSPS) is 12.9. The highest BCUT2D eigenvalue weighted by Gasteiger charge is 2.16. The number of carbonyl (C=O) groups is 1. The Bertz CT molecular complexity index is 426. The number of thioether (sulfide) groups is 1. The molecule has 0 aliphatic rings. The Morgan fingerprint density at radius 2 is 2.00 bits per heavy atom. The van der Waals surface area contributed by atoms with Crippen molar-refractivity contribution in [2.24, 2.45) is 0 Å². The summed E-state index contributed by atoms with van der Waals surface area (Å²) in [5.74, 6) is 1.33. The third-order valence-electron chi connectivity index (χ3n) is 2.62. The van der Waals surface area contributed by atoms with Crippen LogP contribution in [0.4, 0.5) is 0 Å². The van der Waals surface area contributed by atoms with Gasteiger partial charge < -0.3 is 10.1 Å². The van der Waals surface area contributed by atoms with E-state index in [1.54, 1.807) is 18.9 Å². The minimum Gasteiger partial charge on any atom is -0.496 e. The maximum Gasteiger partial charge on any atom is 0.230 e. The molecule has 19 heavy (non-hydrogen) atoms. The number of carbonyl (C=O) groups excluding carboxylic acids is 1. The standard InChI is InChI=1S/C15H23NO2S/c1-11(12-8-6-7-9-13(12)18-5)16-14(17)10-19-15(2,3)4/h6-9,11H,10H2,1-5H3,(H,16,17). The van der Waals surface area contributed by atoms with Crippen molar-refractivity contribution in [2.75, 3.05) is 12.9 Å². The summed E-state index contributed by atoms with van der Waals surface area (Å²) in [5, 5.41) is 3.00. The molecule has 1 aromatic rings. The molecular formula is C15H23NO2S. The van der Waals surface area contributed by atoms with Gasteiger partial charge in [-0.05, 0) is 13.0 Å². The van der Waals surface area contributed by atoms with E-state index in [2.05, 4.69) is 26.1 Å². The third kappa shape index (κ3) is 5.55. The Morgan fingerprint density at radius 3 is 2.58 bits per heavy atom. The van der Waals surface area contributed by atoms with E-state index in [4.69, 9.17) is 4.74 Å². The molecule has 0 saturated carbocycles. The molecule has 0 fully saturated rings. The van der Waals surface area contributed by atoms with Crippen LogP contribution in [0.5, 0.6) is 5.75 Å². The molecule has 1 unspecified atom stereocenters. The van der Waals surface area contributed by atoms with Crippen LogP contribution >= 0.6 is 11.8 Å². The first-order valence-corrected chi connectivity index (χ1v) is 7.38. The summed E-state index contributed by atoms with van der Waals surface area (Å²) in [4.78, 5) is 11.9. The van der Waals surface area contributed by atoms with Gasteiger partial charge in [0.25, 0.3) is 0 Å². The predicted molar refractivity (Wildman–Crippen MR) is 81.8 cm³/mol. The molecule has 1 rings (SSSR count). The van der Waals surface area contributed by atoms with Crippen LogP contribution in [-0.2, 0) is 4.79 Å². The molecule has 1 atom stereocenters. The van der Waals surface area contributed by atoms with E-state index in [0.29, 0.717) is 5.75 Å². The summed E-state index contributed by atoms with van der Waals surface area (Å²) in [5.41, 5.74) is 0.999. The second-order valence-corrected chi connectivity index (χ2v) is 7.23. The highest BCUT2D eigenvalue weighted by molar-refractivity contribution is 8.01. The lowest BCUT2D eigenvalue weighted by Crippen LogP contribution is -2.29. The number of hydrogen-bond donors (Lipinski definition) is 1. The molecule has 0 saturated heterocycles. The van der Waals surface area contributed by atoms with Gasteiger partial charge in [0, 0.05) is 10.3 Å². The van der Waals surface area contributed by atoms with Crippen molar-refractivity contribution in [2.45, 2.75) is 38.5 Å². The Balaban J connectivity index is 2.59. The molecule has 0 aromatic heterocycles. The molecule has 0 bridgehead atoms. The quantitative estimate of drug-likeness (QED) is 0.899.